The van der Waals surface area contributed by atoms with Crippen LogP contribution in [-0.2, 0) is 11.6 Å². The van der Waals surface area contributed by atoms with E-state index in [0.29, 0.717) is 36.3 Å². The minimum atomic E-state index is -4.84. The van der Waals surface area contributed by atoms with Crippen molar-refractivity contribution in [2.75, 3.05) is 32.6 Å². The molecule has 0 aromatic heterocycles. The molecule has 0 spiro atoms. The van der Waals surface area contributed by atoms with Gasteiger partial charge in [-0.15, -0.1) is 0 Å². The molecule has 0 radical (unpaired) electrons. The zero-order valence-corrected chi connectivity index (χ0v) is 21.5. The molecule has 6 nitrogen and oxygen atoms in total. The van der Waals surface area contributed by atoms with Crippen LogP contribution in [0.5, 0.6) is 11.5 Å². The highest BCUT2D eigenvalue weighted by Crippen LogP contribution is 2.51. The molecule has 38 heavy (non-hydrogen) atoms. The van der Waals surface area contributed by atoms with Gasteiger partial charge in [-0.25, -0.2) is 9.18 Å². The summed E-state index contributed by atoms with van der Waals surface area (Å²) in [5.74, 6) is 0.571. The molecule has 0 unspecified atom stereocenters. The molecule has 1 heterocycles. The van der Waals surface area contributed by atoms with E-state index in [1.807, 2.05) is 6.07 Å². The summed E-state index contributed by atoms with van der Waals surface area (Å²) < 4.78 is 64.7. The fraction of sp³-hybridized carbons (Fsp3) is 0.536. The number of halogens is 4. The molecule has 206 valence electrons. The summed E-state index contributed by atoms with van der Waals surface area (Å²) in [6.07, 6.45) is 0.840. The Labute approximate surface area is 219 Å². The number of nitrogens with zero attached hydrogens (tertiary/aromatic N) is 1. The molecule has 10 heteroatoms. The van der Waals surface area contributed by atoms with Crippen molar-refractivity contribution < 1.29 is 31.8 Å². The molecule has 2 N–H and O–H groups in total. The van der Waals surface area contributed by atoms with Crippen LogP contribution >= 0.6 is 0 Å². The first-order chi connectivity index (χ1) is 18.1. The van der Waals surface area contributed by atoms with Gasteiger partial charge in [-0.1, -0.05) is 12.1 Å². The van der Waals surface area contributed by atoms with Crippen molar-refractivity contribution in [3.63, 3.8) is 0 Å². The number of anilines is 1. The van der Waals surface area contributed by atoms with Crippen molar-refractivity contribution in [3.8, 4) is 11.5 Å². The predicted octanol–water partition coefficient (Wildman–Crippen LogP) is 5.96. The molecule has 2 saturated carbocycles. The maximum atomic E-state index is 14.4. The molecule has 0 bridgehead atoms. The number of hydrogen-bond donors (Lipinski definition) is 2. The lowest BCUT2D eigenvalue weighted by atomic mass is 9.65. The van der Waals surface area contributed by atoms with E-state index in [-0.39, 0.29) is 17.5 Å². The maximum Gasteiger partial charge on any atom is 0.419 e. The van der Waals surface area contributed by atoms with Crippen LogP contribution in [-0.4, -0.2) is 50.3 Å². The van der Waals surface area contributed by atoms with Gasteiger partial charge in [0.1, 0.15) is 0 Å². The summed E-state index contributed by atoms with van der Waals surface area (Å²) >= 11 is 0. The summed E-state index contributed by atoms with van der Waals surface area (Å²) in [5.41, 5.74) is -0.818. The van der Waals surface area contributed by atoms with Gasteiger partial charge >= 0.3 is 12.2 Å². The number of carbonyl (C=O) groups is 1. The second-order valence-corrected chi connectivity index (χ2v) is 10.7. The van der Waals surface area contributed by atoms with Gasteiger partial charge in [-0.2, -0.15) is 13.2 Å². The van der Waals surface area contributed by atoms with Gasteiger partial charge in [-0.05, 0) is 80.8 Å². The number of fused-ring (bicyclic) bond motifs is 1. The number of amides is 2. The van der Waals surface area contributed by atoms with E-state index in [0.717, 1.165) is 38.1 Å². The Morgan fingerprint density at radius 2 is 1.84 bits per heavy atom. The van der Waals surface area contributed by atoms with Crippen molar-refractivity contribution in [2.24, 2.45) is 5.92 Å². The molecule has 2 amide bonds. The van der Waals surface area contributed by atoms with E-state index in [1.54, 1.807) is 14.2 Å². The Morgan fingerprint density at radius 3 is 2.53 bits per heavy atom. The monoisotopic (exact) mass is 535 g/mol. The Balaban J connectivity index is 1.33. The molecular weight excluding hydrogens is 502 g/mol. The molecule has 1 aliphatic heterocycles. The smallest absolute Gasteiger partial charge is 0.419 e. The lowest BCUT2D eigenvalue weighted by Crippen LogP contribution is -2.53. The highest BCUT2D eigenvalue weighted by molar-refractivity contribution is 5.89. The van der Waals surface area contributed by atoms with Gasteiger partial charge in [0, 0.05) is 24.0 Å². The number of benzene rings is 2. The van der Waals surface area contributed by atoms with Crippen LogP contribution < -0.4 is 20.1 Å². The SMILES string of the molecule is COc1ccc([C@@]23CC[C@H](NC(=O)Nc4cccc(C(F)(F)F)c4F)C[C@H]2N(CC2CC2)CC3)cc1OC. The Bertz CT molecular complexity index is 1190. The molecule has 5 rings (SSSR count). The largest absolute Gasteiger partial charge is 0.493 e. The predicted molar refractivity (Wildman–Crippen MR) is 135 cm³/mol. The summed E-state index contributed by atoms with van der Waals surface area (Å²) in [4.78, 5) is 15.3. The van der Waals surface area contributed by atoms with Crippen molar-refractivity contribution in [1.82, 2.24) is 10.2 Å². The number of hydrogen-bond acceptors (Lipinski definition) is 4. The third-order valence-electron chi connectivity index (χ3n) is 8.41. The first-order valence-electron chi connectivity index (χ1n) is 13.0. The van der Waals surface area contributed by atoms with Crippen LogP contribution in [0, 0.1) is 11.7 Å². The molecule has 3 atom stereocenters. The van der Waals surface area contributed by atoms with E-state index in [9.17, 15) is 22.4 Å². The molecule has 3 fully saturated rings. The minimum absolute atomic E-state index is 0.101. The number of ether oxygens (including phenoxy) is 2. The summed E-state index contributed by atoms with van der Waals surface area (Å²) in [5, 5.41) is 5.18. The van der Waals surface area contributed by atoms with E-state index < -0.39 is 29.3 Å². The van der Waals surface area contributed by atoms with Crippen LogP contribution in [0.1, 0.15) is 49.7 Å². The Hall–Kier alpha value is -3.01. The highest BCUT2D eigenvalue weighted by atomic mass is 19.4. The normalized spacial score (nSPS) is 25.5. The topological polar surface area (TPSA) is 62.8 Å². The molecule has 1 saturated heterocycles. The Morgan fingerprint density at radius 1 is 1.08 bits per heavy atom. The number of urea groups is 1. The lowest BCUT2D eigenvalue weighted by molar-refractivity contribution is -0.139. The van der Waals surface area contributed by atoms with Crippen LogP contribution in [0.2, 0.25) is 0 Å². The molecule has 3 aliphatic rings. The van der Waals surface area contributed by atoms with Gasteiger partial charge in [0.05, 0.1) is 25.5 Å². The van der Waals surface area contributed by atoms with Crippen molar-refractivity contribution in [2.45, 2.75) is 62.2 Å². The second kappa shape index (κ2) is 10.3. The highest BCUT2D eigenvalue weighted by Gasteiger charge is 2.52. The molecule has 2 aliphatic carbocycles. The number of carbonyl (C=O) groups excluding carboxylic acids is 1. The summed E-state index contributed by atoms with van der Waals surface area (Å²) in [7, 11) is 3.23. The first-order valence-corrected chi connectivity index (χ1v) is 13.0. The van der Waals surface area contributed by atoms with Gasteiger partial charge in [0.2, 0.25) is 0 Å². The van der Waals surface area contributed by atoms with Crippen LogP contribution in [0.15, 0.2) is 36.4 Å². The molecular formula is C28H33F4N3O3. The first kappa shape index (κ1) is 26.6. The van der Waals surface area contributed by atoms with Gasteiger partial charge in [-0.3, -0.25) is 4.90 Å². The lowest BCUT2D eigenvalue weighted by Gasteiger charge is -2.45. The van der Waals surface area contributed by atoms with Crippen molar-refractivity contribution >= 4 is 11.7 Å². The van der Waals surface area contributed by atoms with Crippen LogP contribution in [0.25, 0.3) is 0 Å². The fourth-order valence-electron chi connectivity index (χ4n) is 6.30. The van der Waals surface area contributed by atoms with E-state index in [4.69, 9.17) is 9.47 Å². The number of likely N-dealkylation sites (tertiary alicyclic amines) is 1. The van der Waals surface area contributed by atoms with Crippen molar-refractivity contribution in [3.05, 3.63) is 53.3 Å². The van der Waals surface area contributed by atoms with E-state index >= 15 is 0 Å². The number of nitrogens with one attached hydrogen (secondary N) is 2. The average Bonchev–Trinajstić information content (AvgIpc) is 3.64. The van der Waals surface area contributed by atoms with E-state index in [2.05, 4.69) is 27.7 Å². The number of methoxy groups -OCH3 is 2. The summed E-state index contributed by atoms with van der Waals surface area (Å²) in [6.45, 7) is 1.98. The van der Waals surface area contributed by atoms with Crippen LogP contribution in [0.4, 0.5) is 28.0 Å². The number of rotatable bonds is 7. The zero-order valence-electron chi connectivity index (χ0n) is 21.5. The molecule has 2 aromatic rings. The standard InChI is InChI=1S/C28H33F4N3O3/c1-37-22-9-8-18(14-23(22)38-2)27-11-10-19(15-24(27)35(13-12-27)16-17-6-7-17)33-26(36)34-21-5-3-4-20(25(21)29)28(30,31)32/h3-5,8-9,14,17,19,24H,6-7,10-13,15-16H2,1-2H3,(H2,33,34,36)/t19-,24+,27-/m0/s1. The van der Waals surface area contributed by atoms with Crippen molar-refractivity contribution in [1.29, 1.82) is 0 Å². The maximum absolute atomic E-state index is 14.4. The zero-order chi connectivity index (χ0) is 27.1. The van der Waals surface area contributed by atoms with Gasteiger partial charge in [0.15, 0.2) is 17.3 Å². The number of alkyl halides is 3. The quantitative estimate of drug-likeness (QED) is 0.430. The van der Waals surface area contributed by atoms with Gasteiger partial charge in [0.25, 0.3) is 0 Å². The van der Waals surface area contributed by atoms with Gasteiger partial charge < -0.3 is 20.1 Å². The molecule has 2 aromatic carbocycles. The second-order valence-electron chi connectivity index (χ2n) is 10.7. The third-order valence-corrected chi connectivity index (χ3v) is 8.41. The van der Waals surface area contributed by atoms with E-state index in [1.165, 1.54) is 18.4 Å². The summed E-state index contributed by atoms with van der Waals surface area (Å²) in [6, 6.07) is 8.24. The Kier molecular flexibility index (Phi) is 7.19. The minimum Gasteiger partial charge on any atom is -0.493 e. The van der Waals surface area contributed by atoms with Crippen LogP contribution in [0.3, 0.4) is 0 Å². The average molecular weight is 536 g/mol. The third kappa shape index (κ3) is 5.15. The fourth-order valence-corrected chi connectivity index (χ4v) is 6.30.